The third-order valence-corrected chi connectivity index (χ3v) is 3.11. The topological polar surface area (TPSA) is 35.2 Å². The van der Waals surface area contributed by atoms with Crippen LogP contribution in [0, 0.1) is 0 Å². The molecule has 2 N–H and O–H groups in total. The van der Waals surface area contributed by atoms with Gasteiger partial charge in [0.05, 0.1) is 13.2 Å². The van der Waals surface area contributed by atoms with Crippen molar-refractivity contribution in [2.75, 3.05) is 13.2 Å². The van der Waals surface area contributed by atoms with Crippen LogP contribution in [-0.2, 0) is 17.8 Å². The first-order chi connectivity index (χ1) is 9.90. The van der Waals surface area contributed by atoms with Crippen LogP contribution in [0.25, 0.3) is 6.08 Å². The predicted molar refractivity (Wildman–Crippen MR) is 84.3 cm³/mol. The lowest BCUT2D eigenvalue weighted by Gasteiger charge is -2.08. The van der Waals surface area contributed by atoms with E-state index in [1.807, 2.05) is 36.4 Å². The molecule has 2 nitrogen and oxygen atoms in total. The first-order valence-corrected chi connectivity index (χ1v) is 6.96. The van der Waals surface area contributed by atoms with Crippen LogP contribution in [0.1, 0.15) is 16.7 Å². The highest BCUT2D eigenvalue weighted by Crippen LogP contribution is 2.10. The number of hydrogen-bond acceptors (Lipinski definition) is 2. The number of hydrogen-bond donors (Lipinski definition) is 1. The van der Waals surface area contributed by atoms with Gasteiger partial charge in [-0.25, -0.2) is 0 Å². The van der Waals surface area contributed by atoms with Gasteiger partial charge in [0.15, 0.2) is 0 Å². The van der Waals surface area contributed by atoms with Gasteiger partial charge >= 0.3 is 0 Å². The molecule has 0 aromatic heterocycles. The molecule has 0 radical (unpaired) electrons. The van der Waals surface area contributed by atoms with E-state index in [9.17, 15) is 0 Å². The number of rotatable bonds is 7. The van der Waals surface area contributed by atoms with E-state index in [0.29, 0.717) is 19.8 Å². The monoisotopic (exact) mass is 267 g/mol. The first-order valence-electron chi connectivity index (χ1n) is 6.96. The molecule has 0 bridgehead atoms. The summed E-state index contributed by atoms with van der Waals surface area (Å²) in [5.41, 5.74) is 9.32. The van der Waals surface area contributed by atoms with Gasteiger partial charge in [-0.2, -0.15) is 0 Å². The lowest BCUT2D eigenvalue weighted by Crippen LogP contribution is -2.06. The number of ether oxygens (including phenoxy) is 1. The molecule has 0 atom stereocenters. The van der Waals surface area contributed by atoms with Crippen LogP contribution in [-0.4, -0.2) is 13.2 Å². The van der Waals surface area contributed by atoms with E-state index >= 15 is 0 Å². The highest BCUT2D eigenvalue weighted by molar-refractivity contribution is 5.48. The molecule has 104 valence electrons. The smallest absolute Gasteiger partial charge is 0.0723 e. The van der Waals surface area contributed by atoms with E-state index in [-0.39, 0.29) is 0 Å². The lowest BCUT2D eigenvalue weighted by atomic mass is 10.1. The summed E-state index contributed by atoms with van der Waals surface area (Å²) in [6.07, 6.45) is 5.02. The molecule has 2 aromatic rings. The third-order valence-electron chi connectivity index (χ3n) is 3.11. The Morgan fingerprint density at radius 3 is 2.35 bits per heavy atom. The molecule has 2 aromatic carbocycles. The summed E-state index contributed by atoms with van der Waals surface area (Å²) in [6.45, 7) is 1.92. The van der Waals surface area contributed by atoms with Gasteiger partial charge < -0.3 is 10.5 Å². The van der Waals surface area contributed by atoms with Crippen molar-refractivity contribution >= 4 is 6.08 Å². The molecule has 0 spiro atoms. The maximum atomic E-state index is 5.70. The predicted octanol–water partition coefficient (Wildman–Crippen LogP) is 3.42. The van der Waals surface area contributed by atoms with Crippen molar-refractivity contribution in [1.82, 2.24) is 0 Å². The average Bonchev–Trinajstić information content (AvgIpc) is 2.50. The molecular weight excluding hydrogens is 246 g/mol. The van der Waals surface area contributed by atoms with E-state index in [1.54, 1.807) is 0 Å². The summed E-state index contributed by atoms with van der Waals surface area (Å²) in [7, 11) is 0. The fraction of sp³-hybridized carbons (Fsp3) is 0.222. The molecule has 0 heterocycles. The summed E-state index contributed by atoms with van der Waals surface area (Å²) < 4.78 is 5.70. The molecule has 2 rings (SSSR count). The molecule has 2 heteroatoms. The first kappa shape index (κ1) is 14.5. The van der Waals surface area contributed by atoms with Crippen LogP contribution in [0.2, 0.25) is 0 Å². The van der Waals surface area contributed by atoms with Crippen molar-refractivity contribution in [2.45, 2.75) is 13.0 Å². The van der Waals surface area contributed by atoms with Crippen LogP contribution in [0.3, 0.4) is 0 Å². The zero-order valence-corrected chi connectivity index (χ0v) is 11.7. The van der Waals surface area contributed by atoms with Crippen LogP contribution >= 0.6 is 0 Å². The van der Waals surface area contributed by atoms with Crippen molar-refractivity contribution in [3.63, 3.8) is 0 Å². The average molecular weight is 267 g/mol. The van der Waals surface area contributed by atoms with Gasteiger partial charge in [0.2, 0.25) is 0 Å². The fourth-order valence-electron chi connectivity index (χ4n) is 2.08. The Labute approximate surface area is 120 Å². The van der Waals surface area contributed by atoms with Crippen LogP contribution in [0.5, 0.6) is 0 Å². The Hall–Kier alpha value is -1.90. The van der Waals surface area contributed by atoms with Crippen molar-refractivity contribution in [1.29, 1.82) is 0 Å². The summed E-state index contributed by atoms with van der Waals surface area (Å²) in [5, 5.41) is 0. The largest absolute Gasteiger partial charge is 0.373 e. The second kappa shape index (κ2) is 8.31. The maximum absolute atomic E-state index is 5.70. The highest BCUT2D eigenvalue weighted by atomic mass is 16.5. The number of benzene rings is 2. The van der Waals surface area contributed by atoms with E-state index < -0.39 is 0 Å². The Morgan fingerprint density at radius 1 is 0.900 bits per heavy atom. The summed E-state index contributed by atoms with van der Waals surface area (Å²) in [4.78, 5) is 0. The second-order valence-electron chi connectivity index (χ2n) is 4.64. The van der Waals surface area contributed by atoms with Crippen molar-refractivity contribution in [3.05, 3.63) is 77.4 Å². The minimum absolute atomic E-state index is 0.617. The van der Waals surface area contributed by atoms with Gasteiger partial charge in [-0.05, 0) is 29.7 Å². The summed E-state index contributed by atoms with van der Waals surface area (Å²) in [5.74, 6) is 0. The minimum Gasteiger partial charge on any atom is -0.373 e. The Kier molecular flexibility index (Phi) is 6.03. The third kappa shape index (κ3) is 4.65. The normalized spacial score (nSPS) is 11.1. The van der Waals surface area contributed by atoms with Crippen LogP contribution in [0.4, 0.5) is 0 Å². The highest BCUT2D eigenvalue weighted by Gasteiger charge is 2.00. The van der Waals surface area contributed by atoms with Gasteiger partial charge in [-0.15, -0.1) is 0 Å². The lowest BCUT2D eigenvalue weighted by molar-refractivity contribution is 0.148. The van der Waals surface area contributed by atoms with Crippen molar-refractivity contribution in [3.8, 4) is 0 Å². The Balaban J connectivity index is 1.80. The standard InChI is InChI=1S/C18H21NO/c19-13-12-17-10-4-5-11-18(17)15-20-14-6-9-16-7-2-1-3-8-16/h1-11H,12-15,19H2/b9-6+. The van der Waals surface area contributed by atoms with E-state index in [2.05, 4.69) is 30.3 Å². The van der Waals surface area contributed by atoms with Gasteiger partial charge in [-0.1, -0.05) is 66.7 Å². The van der Waals surface area contributed by atoms with E-state index in [1.165, 1.54) is 16.7 Å². The zero-order chi connectivity index (χ0) is 14.0. The molecule has 0 aliphatic rings. The van der Waals surface area contributed by atoms with Gasteiger partial charge in [-0.3, -0.25) is 0 Å². The second-order valence-corrected chi connectivity index (χ2v) is 4.64. The Bertz CT molecular complexity index is 534. The van der Waals surface area contributed by atoms with E-state index in [0.717, 1.165) is 6.42 Å². The van der Waals surface area contributed by atoms with Gasteiger partial charge in [0.1, 0.15) is 0 Å². The van der Waals surface area contributed by atoms with Crippen LogP contribution < -0.4 is 5.73 Å². The van der Waals surface area contributed by atoms with Crippen molar-refractivity contribution in [2.24, 2.45) is 5.73 Å². The van der Waals surface area contributed by atoms with Gasteiger partial charge in [0, 0.05) is 0 Å². The van der Waals surface area contributed by atoms with Crippen molar-refractivity contribution < 1.29 is 4.74 Å². The molecule has 0 amide bonds. The SMILES string of the molecule is NCCc1ccccc1COC/C=C/c1ccccc1. The maximum Gasteiger partial charge on any atom is 0.0723 e. The molecule has 0 unspecified atom stereocenters. The van der Waals surface area contributed by atoms with Crippen LogP contribution in [0.15, 0.2) is 60.7 Å². The summed E-state index contributed by atoms with van der Waals surface area (Å²) in [6, 6.07) is 18.5. The molecule has 0 aliphatic carbocycles. The molecular formula is C18H21NO. The minimum atomic E-state index is 0.617. The fourth-order valence-corrected chi connectivity index (χ4v) is 2.08. The zero-order valence-electron chi connectivity index (χ0n) is 11.7. The quantitative estimate of drug-likeness (QED) is 0.780. The van der Waals surface area contributed by atoms with Gasteiger partial charge in [0.25, 0.3) is 0 Å². The Morgan fingerprint density at radius 2 is 1.60 bits per heavy atom. The van der Waals surface area contributed by atoms with E-state index in [4.69, 9.17) is 10.5 Å². The molecule has 0 fully saturated rings. The molecule has 0 saturated heterocycles. The molecule has 0 aliphatic heterocycles. The summed E-state index contributed by atoms with van der Waals surface area (Å²) >= 11 is 0. The molecule has 0 saturated carbocycles. The molecule has 20 heavy (non-hydrogen) atoms. The number of nitrogens with two attached hydrogens (primary N) is 1.